The van der Waals surface area contributed by atoms with Crippen LogP contribution in [-0.2, 0) is 9.53 Å². The molecule has 1 atom stereocenters. The number of halogens is 1. The van der Waals surface area contributed by atoms with Gasteiger partial charge in [-0.1, -0.05) is 50.9 Å². The summed E-state index contributed by atoms with van der Waals surface area (Å²) in [5.74, 6) is -0.739. The molecule has 0 fully saturated rings. The van der Waals surface area contributed by atoms with Crippen LogP contribution >= 0.6 is 15.9 Å². The molecule has 1 N–H and O–H groups in total. The lowest BCUT2D eigenvalue weighted by Gasteiger charge is -2.28. The van der Waals surface area contributed by atoms with E-state index in [4.69, 9.17) is 4.74 Å². The van der Waals surface area contributed by atoms with Gasteiger partial charge in [0.05, 0.1) is 12.7 Å². The van der Waals surface area contributed by atoms with Gasteiger partial charge < -0.3 is 10.1 Å². The number of nitrogens with zero attached hydrogens (tertiary/aromatic N) is 4. The first kappa shape index (κ1) is 19.0. The zero-order valence-electron chi connectivity index (χ0n) is 15.6. The van der Waals surface area contributed by atoms with E-state index in [-0.39, 0.29) is 23.0 Å². The Morgan fingerprint density at radius 2 is 1.79 bits per heavy atom. The zero-order chi connectivity index (χ0) is 20.5. The number of aryl methyl sites for hydroxylation is 1. The monoisotopic (exact) mass is 453 g/mol. The molecule has 0 aliphatic carbocycles. The molecule has 0 bridgehead atoms. The summed E-state index contributed by atoms with van der Waals surface area (Å²) >= 11 is 3.37. The molecule has 1 aliphatic heterocycles. The Kier molecular flexibility index (Phi) is 4.98. The third-order valence-corrected chi connectivity index (χ3v) is 5.18. The molecule has 0 saturated heterocycles. The molecule has 1 aliphatic rings. The molecule has 0 amide bonds. The number of tetrazole rings is 1. The van der Waals surface area contributed by atoms with Crippen molar-refractivity contribution in [3.63, 3.8) is 0 Å². The van der Waals surface area contributed by atoms with Crippen LogP contribution in [0, 0.1) is 6.92 Å². The SMILES string of the molecule is COC(=O)C1=C(C(=O)c2ccc(Br)cc2)[C@@H](c2ccc(C)cc2)n2nnnc2N1. The van der Waals surface area contributed by atoms with Gasteiger partial charge in [0.1, 0.15) is 11.7 Å². The van der Waals surface area contributed by atoms with Crippen LogP contribution < -0.4 is 5.32 Å². The number of fused-ring (bicyclic) bond motifs is 1. The van der Waals surface area contributed by atoms with E-state index in [1.165, 1.54) is 11.8 Å². The van der Waals surface area contributed by atoms with E-state index < -0.39 is 12.0 Å². The average Bonchev–Trinajstić information content (AvgIpc) is 3.21. The Morgan fingerprint density at radius 3 is 2.45 bits per heavy atom. The van der Waals surface area contributed by atoms with Crippen molar-refractivity contribution in [1.29, 1.82) is 0 Å². The Hall–Kier alpha value is -3.33. The van der Waals surface area contributed by atoms with Gasteiger partial charge in [0.15, 0.2) is 5.78 Å². The Balaban J connectivity index is 1.94. The molecular formula is C20H16BrN5O3. The van der Waals surface area contributed by atoms with Gasteiger partial charge in [-0.05, 0) is 47.2 Å². The molecule has 9 heteroatoms. The van der Waals surface area contributed by atoms with E-state index >= 15 is 0 Å². The Morgan fingerprint density at radius 1 is 1.10 bits per heavy atom. The number of allylic oxidation sites excluding steroid dienone is 1. The number of carbonyl (C=O) groups is 2. The van der Waals surface area contributed by atoms with Crippen LogP contribution in [0.1, 0.15) is 27.5 Å². The lowest BCUT2D eigenvalue weighted by atomic mass is 9.89. The minimum atomic E-state index is -0.688. The number of Topliss-reactive ketones (excluding diaryl/α,β-unsaturated/α-hetero) is 1. The first-order valence-corrected chi connectivity index (χ1v) is 9.53. The Bertz CT molecular complexity index is 1120. The molecule has 0 saturated carbocycles. The van der Waals surface area contributed by atoms with Crippen molar-refractivity contribution >= 4 is 33.6 Å². The van der Waals surface area contributed by atoms with E-state index in [9.17, 15) is 9.59 Å². The van der Waals surface area contributed by atoms with Crippen molar-refractivity contribution in [2.24, 2.45) is 0 Å². The number of hydrogen-bond donors (Lipinski definition) is 1. The molecule has 0 unspecified atom stereocenters. The van der Waals surface area contributed by atoms with E-state index in [0.29, 0.717) is 5.56 Å². The molecule has 3 aromatic rings. The number of ketones is 1. The zero-order valence-corrected chi connectivity index (χ0v) is 17.2. The Labute approximate surface area is 174 Å². The lowest BCUT2D eigenvalue weighted by molar-refractivity contribution is -0.136. The highest BCUT2D eigenvalue weighted by Crippen LogP contribution is 2.36. The third-order valence-electron chi connectivity index (χ3n) is 4.65. The van der Waals surface area contributed by atoms with Crippen molar-refractivity contribution in [3.8, 4) is 0 Å². The van der Waals surface area contributed by atoms with Gasteiger partial charge in [-0.2, -0.15) is 4.68 Å². The molecule has 4 rings (SSSR count). The number of aromatic nitrogens is 4. The van der Waals surface area contributed by atoms with Crippen molar-refractivity contribution < 1.29 is 14.3 Å². The second-order valence-corrected chi connectivity index (χ2v) is 7.42. The molecule has 29 heavy (non-hydrogen) atoms. The average molecular weight is 454 g/mol. The number of benzene rings is 2. The molecule has 8 nitrogen and oxygen atoms in total. The molecule has 2 aromatic carbocycles. The van der Waals surface area contributed by atoms with Crippen molar-refractivity contribution in [2.45, 2.75) is 13.0 Å². The molecule has 0 radical (unpaired) electrons. The van der Waals surface area contributed by atoms with E-state index in [0.717, 1.165) is 15.6 Å². The van der Waals surface area contributed by atoms with Crippen LogP contribution in [0.2, 0.25) is 0 Å². The van der Waals surface area contributed by atoms with Crippen LogP contribution in [0.25, 0.3) is 0 Å². The summed E-state index contributed by atoms with van der Waals surface area (Å²) in [5, 5.41) is 14.5. The number of hydrogen-bond acceptors (Lipinski definition) is 7. The first-order chi connectivity index (χ1) is 14.0. The smallest absolute Gasteiger partial charge is 0.355 e. The van der Waals surface area contributed by atoms with Gasteiger partial charge in [-0.25, -0.2) is 4.79 Å². The highest BCUT2D eigenvalue weighted by Gasteiger charge is 2.38. The number of methoxy groups -OCH3 is 1. The number of ether oxygens (including phenoxy) is 1. The number of anilines is 1. The highest BCUT2D eigenvalue weighted by atomic mass is 79.9. The van der Waals surface area contributed by atoms with E-state index in [1.54, 1.807) is 24.3 Å². The summed E-state index contributed by atoms with van der Waals surface area (Å²) in [6.07, 6.45) is 0. The minimum absolute atomic E-state index is 0.0216. The van der Waals surface area contributed by atoms with Crippen LogP contribution in [0.3, 0.4) is 0 Å². The van der Waals surface area contributed by atoms with Crippen LogP contribution in [0.4, 0.5) is 5.95 Å². The maximum atomic E-state index is 13.5. The summed E-state index contributed by atoms with van der Waals surface area (Å²) in [6, 6.07) is 13.9. The lowest BCUT2D eigenvalue weighted by Crippen LogP contribution is -2.32. The van der Waals surface area contributed by atoms with Gasteiger partial charge in [0.2, 0.25) is 5.95 Å². The van der Waals surface area contributed by atoms with Crippen molar-refractivity contribution in [2.75, 3.05) is 12.4 Å². The van der Waals surface area contributed by atoms with Gasteiger partial charge in [0, 0.05) is 10.0 Å². The topological polar surface area (TPSA) is 99.0 Å². The standard InChI is InChI=1S/C20H16BrN5O3/c1-11-3-5-12(6-4-11)17-15(18(27)13-7-9-14(21)10-8-13)16(19(28)29-2)22-20-23-24-25-26(17)20/h3-10,17H,1-2H3,(H,22,23,25)/t17-/m1/s1. The highest BCUT2D eigenvalue weighted by molar-refractivity contribution is 9.10. The van der Waals surface area contributed by atoms with Crippen LogP contribution in [0.5, 0.6) is 0 Å². The quantitative estimate of drug-likeness (QED) is 0.478. The van der Waals surface area contributed by atoms with Gasteiger partial charge in [0.25, 0.3) is 0 Å². The molecule has 0 spiro atoms. The first-order valence-electron chi connectivity index (χ1n) is 8.74. The van der Waals surface area contributed by atoms with Crippen molar-refractivity contribution in [1.82, 2.24) is 20.2 Å². The van der Waals surface area contributed by atoms with Crippen LogP contribution in [0.15, 0.2) is 64.3 Å². The van der Waals surface area contributed by atoms with Gasteiger partial charge in [-0.15, -0.1) is 0 Å². The largest absolute Gasteiger partial charge is 0.464 e. The predicted octanol–water partition coefficient (Wildman–Crippen LogP) is 3.07. The van der Waals surface area contributed by atoms with E-state index in [2.05, 4.69) is 36.8 Å². The maximum Gasteiger partial charge on any atom is 0.355 e. The summed E-state index contributed by atoms with van der Waals surface area (Å²) in [6.45, 7) is 1.97. The fourth-order valence-corrected chi connectivity index (χ4v) is 3.47. The fourth-order valence-electron chi connectivity index (χ4n) is 3.20. The number of nitrogens with one attached hydrogen (secondary N) is 1. The number of esters is 1. The number of carbonyl (C=O) groups excluding carboxylic acids is 2. The maximum absolute atomic E-state index is 13.5. The van der Waals surface area contributed by atoms with Crippen molar-refractivity contribution in [3.05, 3.63) is 81.0 Å². The summed E-state index contributed by atoms with van der Waals surface area (Å²) in [4.78, 5) is 26.1. The second-order valence-electron chi connectivity index (χ2n) is 6.50. The fraction of sp³-hybridized carbons (Fsp3) is 0.150. The van der Waals surface area contributed by atoms with E-state index in [1.807, 2.05) is 31.2 Å². The van der Waals surface area contributed by atoms with Gasteiger partial charge in [-0.3, -0.25) is 4.79 Å². The molecule has 2 heterocycles. The summed E-state index contributed by atoms with van der Waals surface area (Å²) in [5.41, 5.74) is 2.50. The van der Waals surface area contributed by atoms with Gasteiger partial charge >= 0.3 is 5.97 Å². The molecule has 1 aromatic heterocycles. The second kappa shape index (κ2) is 7.59. The minimum Gasteiger partial charge on any atom is -0.464 e. The summed E-state index contributed by atoms with van der Waals surface area (Å²) in [7, 11) is 1.26. The molecule has 146 valence electrons. The van der Waals surface area contributed by atoms with Crippen LogP contribution in [-0.4, -0.2) is 39.1 Å². The predicted molar refractivity (Wildman–Crippen MR) is 108 cm³/mol. The third kappa shape index (κ3) is 3.44. The summed E-state index contributed by atoms with van der Waals surface area (Å²) < 4.78 is 7.26. The number of rotatable bonds is 4. The normalized spacial score (nSPS) is 15.5. The molecular weight excluding hydrogens is 438 g/mol.